The second-order valence-electron chi connectivity index (χ2n) is 7.53. The first kappa shape index (κ1) is 19.0. The van der Waals surface area contributed by atoms with Crippen molar-refractivity contribution in [3.63, 3.8) is 0 Å². The molecule has 4 rings (SSSR count). The molecule has 1 aromatic carbocycles. The first-order valence-corrected chi connectivity index (χ1v) is 10.1. The minimum Gasteiger partial charge on any atom is -0.450 e. The van der Waals surface area contributed by atoms with Crippen molar-refractivity contribution < 1.29 is 18.7 Å². The largest absolute Gasteiger partial charge is 0.450 e. The summed E-state index contributed by atoms with van der Waals surface area (Å²) in [5, 5.41) is 0.694. The molecule has 1 aliphatic carbocycles. The van der Waals surface area contributed by atoms with E-state index >= 15 is 0 Å². The monoisotopic (exact) mass is 403 g/mol. The molecule has 2 fully saturated rings. The average molecular weight is 404 g/mol. The molecule has 2 aromatic rings. The summed E-state index contributed by atoms with van der Waals surface area (Å²) in [6.45, 7) is 0.369. The van der Waals surface area contributed by atoms with Crippen molar-refractivity contribution in [1.82, 2.24) is 4.90 Å². The van der Waals surface area contributed by atoms with Gasteiger partial charge in [0.1, 0.15) is 5.58 Å². The molecule has 0 unspecified atom stereocenters. The van der Waals surface area contributed by atoms with Gasteiger partial charge in [-0.25, -0.2) is 4.79 Å². The molecule has 2 atom stereocenters. The lowest BCUT2D eigenvalue weighted by atomic mass is 9.78. The molecule has 148 valence electrons. The maximum atomic E-state index is 12.6. The van der Waals surface area contributed by atoms with Gasteiger partial charge in [-0.2, -0.15) is 0 Å². The van der Waals surface area contributed by atoms with Crippen molar-refractivity contribution in [2.75, 3.05) is 13.2 Å². The number of hydrogen-bond acceptors (Lipinski definition) is 5. The van der Waals surface area contributed by atoms with Gasteiger partial charge in [-0.3, -0.25) is 9.59 Å². The van der Waals surface area contributed by atoms with Gasteiger partial charge in [-0.15, -0.1) is 0 Å². The highest BCUT2D eigenvalue weighted by molar-refractivity contribution is 6.31. The minimum atomic E-state index is -0.820. The molecule has 0 bridgehead atoms. The molecule has 0 radical (unpaired) electrons. The number of amides is 1. The van der Waals surface area contributed by atoms with Gasteiger partial charge >= 0.3 is 5.97 Å². The summed E-state index contributed by atoms with van der Waals surface area (Å²) in [6, 6.07) is 5.92. The van der Waals surface area contributed by atoms with Crippen LogP contribution in [0.1, 0.15) is 49.1 Å². The number of nitrogens with zero attached hydrogens (tertiary/aromatic N) is 1. The zero-order chi connectivity index (χ0) is 19.7. The summed E-state index contributed by atoms with van der Waals surface area (Å²) in [5.41, 5.74) is -0.139. The smallest absolute Gasteiger partial charge is 0.374 e. The number of carbonyl (C=O) groups is 2. The second kappa shape index (κ2) is 7.95. The van der Waals surface area contributed by atoms with Crippen LogP contribution in [0.4, 0.5) is 0 Å². The van der Waals surface area contributed by atoms with Crippen LogP contribution in [0.2, 0.25) is 5.02 Å². The van der Waals surface area contributed by atoms with Crippen LogP contribution >= 0.6 is 11.6 Å². The SMILES string of the molecule is O=C(OCC(=O)N1CCC[C@@H]2CCCC[C@H]21)c1cc(=O)c2cc(Cl)ccc2o1. The molecule has 1 aromatic heterocycles. The maximum Gasteiger partial charge on any atom is 0.374 e. The Hall–Kier alpha value is -2.34. The fourth-order valence-corrected chi connectivity index (χ4v) is 4.62. The van der Waals surface area contributed by atoms with E-state index in [1.54, 1.807) is 6.07 Å². The Bertz CT molecular complexity index is 967. The van der Waals surface area contributed by atoms with Crippen molar-refractivity contribution in [2.24, 2.45) is 5.92 Å². The molecular formula is C21H22ClNO5. The van der Waals surface area contributed by atoms with Gasteiger partial charge in [0, 0.05) is 23.7 Å². The predicted octanol–water partition coefficient (Wildman–Crippen LogP) is 3.78. The highest BCUT2D eigenvalue weighted by Crippen LogP contribution is 2.35. The minimum absolute atomic E-state index is 0.181. The van der Waals surface area contributed by atoms with E-state index < -0.39 is 5.97 Å². The molecule has 1 saturated carbocycles. The second-order valence-corrected chi connectivity index (χ2v) is 7.97. The van der Waals surface area contributed by atoms with Gasteiger partial charge in [0.15, 0.2) is 12.0 Å². The standard InChI is InChI=1S/C21H22ClNO5/c22-14-7-8-18-15(10-14)17(24)11-19(28-18)21(26)27-12-20(25)23-9-3-5-13-4-1-2-6-16(13)23/h7-8,10-11,13,16H,1-6,9,12H2/t13-,16+/m0/s1. The van der Waals surface area contributed by atoms with Crippen LogP contribution < -0.4 is 5.43 Å². The lowest BCUT2D eigenvalue weighted by molar-refractivity contribution is -0.140. The van der Waals surface area contributed by atoms with Crippen LogP contribution in [-0.2, 0) is 9.53 Å². The molecule has 2 heterocycles. The van der Waals surface area contributed by atoms with Gasteiger partial charge in [0.25, 0.3) is 5.91 Å². The number of halogens is 1. The number of carbonyl (C=O) groups excluding carboxylic acids is 2. The number of esters is 1. The third-order valence-corrected chi connectivity index (χ3v) is 6.02. The van der Waals surface area contributed by atoms with E-state index in [9.17, 15) is 14.4 Å². The number of rotatable bonds is 3. The first-order valence-electron chi connectivity index (χ1n) is 9.73. The third kappa shape index (κ3) is 3.78. The van der Waals surface area contributed by atoms with E-state index in [-0.39, 0.29) is 40.7 Å². The summed E-state index contributed by atoms with van der Waals surface area (Å²) in [7, 11) is 0. The molecule has 0 spiro atoms. The summed E-state index contributed by atoms with van der Waals surface area (Å²) < 4.78 is 10.6. The number of piperidine rings is 1. The molecule has 1 saturated heterocycles. The first-order chi connectivity index (χ1) is 13.5. The molecule has 2 aliphatic rings. The van der Waals surface area contributed by atoms with E-state index in [1.807, 2.05) is 4.90 Å². The number of fused-ring (bicyclic) bond motifs is 2. The summed E-state index contributed by atoms with van der Waals surface area (Å²) in [5.74, 6) is -0.659. The third-order valence-electron chi connectivity index (χ3n) is 5.78. The lowest BCUT2D eigenvalue weighted by Crippen LogP contribution is -2.50. The molecular weight excluding hydrogens is 382 g/mol. The molecule has 6 nitrogen and oxygen atoms in total. The highest BCUT2D eigenvalue weighted by Gasteiger charge is 2.35. The van der Waals surface area contributed by atoms with Crippen LogP contribution in [0.15, 0.2) is 33.5 Å². The van der Waals surface area contributed by atoms with Crippen LogP contribution in [0, 0.1) is 5.92 Å². The van der Waals surface area contributed by atoms with Gasteiger partial charge < -0.3 is 14.1 Å². The number of ether oxygens (including phenoxy) is 1. The summed E-state index contributed by atoms with van der Waals surface area (Å²) >= 11 is 5.89. The summed E-state index contributed by atoms with van der Waals surface area (Å²) in [4.78, 5) is 39.0. The number of likely N-dealkylation sites (tertiary alicyclic amines) is 1. The van der Waals surface area contributed by atoms with Crippen molar-refractivity contribution in [1.29, 1.82) is 0 Å². The maximum absolute atomic E-state index is 12.6. The normalized spacial score (nSPS) is 22.0. The van der Waals surface area contributed by atoms with E-state index in [1.165, 1.54) is 31.4 Å². The Labute approximate surface area is 167 Å². The Balaban J connectivity index is 1.44. The molecule has 0 N–H and O–H groups in total. The number of benzene rings is 1. The molecule has 1 amide bonds. The Morgan fingerprint density at radius 2 is 1.93 bits per heavy atom. The Morgan fingerprint density at radius 1 is 1.14 bits per heavy atom. The zero-order valence-corrected chi connectivity index (χ0v) is 16.2. The quantitative estimate of drug-likeness (QED) is 0.729. The highest BCUT2D eigenvalue weighted by atomic mass is 35.5. The molecule has 7 heteroatoms. The predicted molar refractivity (Wildman–Crippen MR) is 104 cm³/mol. The Kier molecular flexibility index (Phi) is 5.40. The fraction of sp³-hybridized carbons (Fsp3) is 0.476. The van der Waals surface area contributed by atoms with E-state index in [2.05, 4.69) is 0 Å². The van der Waals surface area contributed by atoms with Crippen molar-refractivity contribution in [3.8, 4) is 0 Å². The van der Waals surface area contributed by atoms with E-state index in [4.69, 9.17) is 20.8 Å². The summed E-state index contributed by atoms with van der Waals surface area (Å²) in [6.07, 6.45) is 6.71. The van der Waals surface area contributed by atoms with Crippen LogP contribution in [-0.4, -0.2) is 36.0 Å². The van der Waals surface area contributed by atoms with Crippen LogP contribution in [0.25, 0.3) is 11.0 Å². The molecule has 1 aliphatic heterocycles. The fourth-order valence-electron chi connectivity index (χ4n) is 4.44. The lowest BCUT2D eigenvalue weighted by Gasteiger charge is -2.44. The topological polar surface area (TPSA) is 76.8 Å². The van der Waals surface area contributed by atoms with Crippen molar-refractivity contribution >= 4 is 34.4 Å². The van der Waals surface area contributed by atoms with E-state index in [0.29, 0.717) is 17.5 Å². The van der Waals surface area contributed by atoms with E-state index in [0.717, 1.165) is 25.3 Å². The Morgan fingerprint density at radius 3 is 2.79 bits per heavy atom. The van der Waals surface area contributed by atoms with Gasteiger partial charge in [-0.1, -0.05) is 24.4 Å². The van der Waals surface area contributed by atoms with Gasteiger partial charge in [0.2, 0.25) is 5.76 Å². The molecule has 28 heavy (non-hydrogen) atoms. The van der Waals surface area contributed by atoms with Crippen LogP contribution in [0.5, 0.6) is 0 Å². The van der Waals surface area contributed by atoms with Gasteiger partial charge in [-0.05, 0) is 49.8 Å². The van der Waals surface area contributed by atoms with Crippen molar-refractivity contribution in [2.45, 2.75) is 44.6 Å². The van der Waals surface area contributed by atoms with Gasteiger partial charge in [0.05, 0.1) is 5.39 Å². The number of hydrogen-bond donors (Lipinski definition) is 0. The van der Waals surface area contributed by atoms with Crippen LogP contribution in [0.3, 0.4) is 0 Å². The zero-order valence-electron chi connectivity index (χ0n) is 15.5. The average Bonchev–Trinajstić information content (AvgIpc) is 2.71. The van der Waals surface area contributed by atoms with Crippen molar-refractivity contribution in [3.05, 3.63) is 45.3 Å².